The molecule has 1 saturated heterocycles. The van der Waals surface area contributed by atoms with Crippen molar-refractivity contribution in [1.82, 2.24) is 14.7 Å². The summed E-state index contributed by atoms with van der Waals surface area (Å²) < 4.78 is 2.63. The third-order valence-corrected chi connectivity index (χ3v) is 3.84. The number of likely N-dealkylation sites (tertiary alicyclic amines) is 1. The van der Waals surface area contributed by atoms with Crippen molar-refractivity contribution in [3.63, 3.8) is 0 Å². The van der Waals surface area contributed by atoms with Gasteiger partial charge in [-0.1, -0.05) is 0 Å². The third kappa shape index (κ3) is 2.23. The molecule has 16 heavy (non-hydrogen) atoms. The highest BCUT2D eigenvalue weighted by atomic mass is 127. The molecule has 1 aliphatic rings. The van der Waals surface area contributed by atoms with Crippen LogP contribution in [0.2, 0.25) is 0 Å². The van der Waals surface area contributed by atoms with Gasteiger partial charge in [-0.2, -0.15) is 5.10 Å². The highest BCUT2D eigenvalue weighted by Gasteiger charge is 2.27. The molecule has 1 aliphatic heterocycles. The molecule has 0 unspecified atom stereocenters. The zero-order valence-corrected chi connectivity index (χ0v) is 11.8. The monoisotopic (exact) mass is 333 g/mol. The zero-order valence-electron chi connectivity index (χ0n) is 9.61. The molecule has 0 saturated carbocycles. The van der Waals surface area contributed by atoms with Crippen molar-refractivity contribution in [2.75, 3.05) is 6.54 Å². The summed E-state index contributed by atoms with van der Waals surface area (Å²) in [5, 5.41) is 4.24. The summed E-state index contributed by atoms with van der Waals surface area (Å²) in [6.45, 7) is 2.99. The minimum Gasteiger partial charge on any atom is -0.335 e. The van der Waals surface area contributed by atoms with Crippen molar-refractivity contribution >= 4 is 28.5 Å². The Morgan fingerprint density at radius 1 is 1.56 bits per heavy atom. The average molecular weight is 333 g/mol. The van der Waals surface area contributed by atoms with Crippen LogP contribution < -0.4 is 0 Å². The van der Waals surface area contributed by atoms with Gasteiger partial charge < -0.3 is 4.90 Å². The number of aryl methyl sites for hydroxylation is 1. The highest BCUT2D eigenvalue weighted by molar-refractivity contribution is 14.1. The number of hydrogen-bond donors (Lipinski definition) is 0. The van der Waals surface area contributed by atoms with Gasteiger partial charge in [-0.15, -0.1) is 0 Å². The van der Waals surface area contributed by atoms with Gasteiger partial charge in [-0.05, 0) is 48.8 Å². The third-order valence-electron chi connectivity index (χ3n) is 3.05. The number of halogens is 1. The van der Waals surface area contributed by atoms with Gasteiger partial charge in [0.05, 0.1) is 3.57 Å². The Balaban J connectivity index is 2.21. The van der Waals surface area contributed by atoms with E-state index in [2.05, 4.69) is 34.6 Å². The van der Waals surface area contributed by atoms with E-state index in [1.54, 1.807) is 4.68 Å². The van der Waals surface area contributed by atoms with E-state index in [1.807, 2.05) is 18.1 Å². The van der Waals surface area contributed by atoms with Crippen LogP contribution >= 0.6 is 22.6 Å². The van der Waals surface area contributed by atoms with Crippen LogP contribution in [0.5, 0.6) is 0 Å². The fraction of sp³-hybridized carbons (Fsp3) is 0.636. The summed E-state index contributed by atoms with van der Waals surface area (Å²) >= 11 is 2.17. The Labute approximate surface area is 109 Å². The molecule has 1 aromatic rings. The van der Waals surface area contributed by atoms with Crippen LogP contribution in [0.25, 0.3) is 0 Å². The zero-order chi connectivity index (χ0) is 11.7. The Morgan fingerprint density at radius 2 is 2.31 bits per heavy atom. The number of nitrogens with zero attached hydrogens (tertiary/aromatic N) is 3. The second-order valence-electron chi connectivity index (χ2n) is 4.34. The van der Waals surface area contributed by atoms with Crippen molar-refractivity contribution in [2.45, 2.75) is 32.2 Å². The Bertz CT molecular complexity index is 402. The largest absolute Gasteiger partial charge is 0.335 e. The first-order valence-electron chi connectivity index (χ1n) is 5.59. The van der Waals surface area contributed by atoms with E-state index >= 15 is 0 Å². The maximum atomic E-state index is 12.3. The molecular weight excluding hydrogens is 317 g/mol. The van der Waals surface area contributed by atoms with Gasteiger partial charge in [0.1, 0.15) is 0 Å². The number of hydrogen-bond acceptors (Lipinski definition) is 2. The molecule has 0 bridgehead atoms. The van der Waals surface area contributed by atoms with Crippen molar-refractivity contribution in [3.8, 4) is 0 Å². The molecule has 2 heterocycles. The average Bonchev–Trinajstić information content (AvgIpc) is 2.58. The number of aromatic nitrogens is 2. The van der Waals surface area contributed by atoms with E-state index in [-0.39, 0.29) is 5.91 Å². The molecule has 2 rings (SSSR count). The van der Waals surface area contributed by atoms with E-state index in [1.165, 1.54) is 6.42 Å². The lowest BCUT2D eigenvalue weighted by Gasteiger charge is -2.32. The Kier molecular flexibility index (Phi) is 3.51. The lowest BCUT2D eigenvalue weighted by molar-refractivity contribution is 0.0627. The summed E-state index contributed by atoms with van der Waals surface area (Å²) in [6, 6.07) is 0.346. The molecular formula is C11H16IN3O. The van der Waals surface area contributed by atoms with Crippen molar-refractivity contribution in [3.05, 3.63) is 15.5 Å². The normalized spacial score (nSPS) is 21.2. The second-order valence-corrected chi connectivity index (χ2v) is 5.50. The smallest absolute Gasteiger partial charge is 0.275 e. The van der Waals surface area contributed by atoms with Gasteiger partial charge in [0, 0.05) is 25.8 Å². The van der Waals surface area contributed by atoms with Gasteiger partial charge in [0.15, 0.2) is 5.69 Å². The Morgan fingerprint density at radius 3 is 2.88 bits per heavy atom. The quantitative estimate of drug-likeness (QED) is 0.738. The first-order valence-corrected chi connectivity index (χ1v) is 6.67. The van der Waals surface area contributed by atoms with Crippen LogP contribution in [-0.4, -0.2) is 33.2 Å². The SMILES string of the molecule is C[C@H]1CCCCN1C(=O)c1nn(C)cc1I. The van der Waals surface area contributed by atoms with Crippen molar-refractivity contribution in [1.29, 1.82) is 0 Å². The second kappa shape index (κ2) is 4.73. The van der Waals surface area contributed by atoms with Crippen LogP contribution in [0.4, 0.5) is 0 Å². The maximum Gasteiger partial charge on any atom is 0.275 e. The van der Waals surface area contributed by atoms with Crippen molar-refractivity contribution in [2.24, 2.45) is 7.05 Å². The lowest BCUT2D eigenvalue weighted by atomic mass is 10.0. The van der Waals surface area contributed by atoms with E-state index in [9.17, 15) is 4.79 Å². The molecule has 1 atom stereocenters. The number of amides is 1. The molecule has 5 heteroatoms. The molecule has 1 amide bonds. The summed E-state index contributed by atoms with van der Waals surface area (Å²) in [4.78, 5) is 14.2. The van der Waals surface area contributed by atoms with Crippen LogP contribution in [0, 0.1) is 3.57 Å². The van der Waals surface area contributed by atoms with Crippen LogP contribution in [-0.2, 0) is 7.05 Å². The fourth-order valence-corrected chi connectivity index (χ4v) is 2.88. The van der Waals surface area contributed by atoms with E-state index in [0.717, 1.165) is 23.0 Å². The Hall–Kier alpha value is -0.590. The number of piperidine rings is 1. The minimum absolute atomic E-state index is 0.0807. The van der Waals surface area contributed by atoms with Gasteiger partial charge in [-0.25, -0.2) is 0 Å². The molecule has 0 N–H and O–H groups in total. The predicted molar refractivity (Wildman–Crippen MR) is 70.3 cm³/mol. The number of carbonyl (C=O) groups excluding carboxylic acids is 1. The first-order chi connectivity index (χ1) is 7.59. The van der Waals surface area contributed by atoms with Gasteiger partial charge in [-0.3, -0.25) is 9.48 Å². The molecule has 88 valence electrons. The van der Waals surface area contributed by atoms with E-state index in [4.69, 9.17) is 0 Å². The van der Waals surface area contributed by atoms with E-state index in [0.29, 0.717) is 11.7 Å². The molecule has 0 spiro atoms. The summed E-state index contributed by atoms with van der Waals surface area (Å²) in [5.74, 6) is 0.0807. The van der Waals surface area contributed by atoms with Gasteiger partial charge >= 0.3 is 0 Å². The van der Waals surface area contributed by atoms with E-state index < -0.39 is 0 Å². The van der Waals surface area contributed by atoms with Gasteiger partial charge in [0.25, 0.3) is 5.91 Å². The summed E-state index contributed by atoms with van der Waals surface area (Å²) in [6.07, 6.45) is 5.32. The van der Waals surface area contributed by atoms with Gasteiger partial charge in [0.2, 0.25) is 0 Å². The standard InChI is InChI=1S/C11H16IN3O/c1-8-5-3-4-6-15(8)11(16)10-9(12)7-14(2)13-10/h7-8H,3-6H2,1-2H3/t8-/m0/s1. The molecule has 4 nitrogen and oxygen atoms in total. The van der Waals surface area contributed by atoms with Crippen molar-refractivity contribution < 1.29 is 4.79 Å². The lowest BCUT2D eigenvalue weighted by Crippen LogP contribution is -2.42. The molecule has 0 aliphatic carbocycles. The number of rotatable bonds is 1. The number of carbonyl (C=O) groups is 1. The van der Waals surface area contributed by atoms with Crippen LogP contribution in [0.1, 0.15) is 36.7 Å². The summed E-state index contributed by atoms with van der Waals surface area (Å²) in [7, 11) is 1.85. The summed E-state index contributed by atoms with van der Waals surface area (Å²) in [5.41, 5.74) is 0.594. The predicted octanol–water partition coefficient (Wildman–Crippen LogP) is 2.04. The van der Waals surface area contributed by atoms with Crippen LogP contribution in [0.3, 0.4) is 0 Å². The topological polar surface area (TPSA) is 38.1 Å². The highest BCUT2D eigenvalue weighted by Crippen LogP contribution is 2.20. The molecule has 1 fully saturated rings. The first kappa shape index (κ1) is 11.9. The maximum absolute atomic E-state index is 12.3. The molecule has 1 aromatic heterocycles. The van der Waals surface area contributed by atoms with Crippen LogP contribution in [0.15, 0.2) is 6.20 Å². The molecule has 0 aromatic carbocycles. The fourth-order valence-electron chi connectivity index (χ4n) is 2.14. The minimum atomic E-state index is 0.0807. The molecule has 0 radical (unpaired) electrons.